The smallest absolute Gasteiger partial charge is 0.406 e. The Kier molecular flexibility index (Phi) is 9.15. The number of benzene rings is 3. The first-order valence-electron chi connectivity index (χ1n) is 12.1. The predicted molar refractivity (Wildman–Crippen MR) is 144 cm³/mol. The minimum atomic E-state index is -4.91. The Bertz CT molecular complexity index is 1610. The molecule has 0 saturated carbocycles. The van der Waals surface area contributed by atoms with Crippen molar-refractivity contribution in [1.82, 2.24) is 9.29 Å². The number of anilines is 1. The fraction of sp³-hybridized carbons (Fsp3) is 0.103. The van der Waals surface area contributed by atoms with E-state index in [0.29, 0.717) is 11.3 Å². The number of carbonyl (C=O) groups excluding carboxylic acids is 1. The maximum Gasteiger partial charge on any atom is 0.573 e. The predicted octanol–water partition coefficient (Wildman–Crippen LogP) is 6.16. The van der Waals surface area contributed by atoms with E-state index >= 15 is 0 Å². The number of carbonyl (C=O) groups is 1. The van der Waals surface area contributed by atoms with Crippen LogP contribution in [0.4, 0.5) is 23.2 Å². The van der Waals surface area contributed by atoms with Crippen molar-refractivity contribution < 1.29 is 35.5 Å². The summed E-state index contributed by atoms with van der Waals surface area (Å²) in [7, 11) is -4.20. The van der Waals surface area contributed by atoms with E-state index in [-0.39, 0.29) is 23.5 Å². The molecule has 0 atom stereocenters. The number of aromatic nitrogens is 1. The number of nitrogens with zero attached hydrogens (tertiary/aromatic N) is 2. The number of ether oxygens (including phenoxy) is 1. The minimum absolute atomic E-state index is 0.118. The first-order chi connectivity index (χ1) is 19.5. The van der Waals surface area contributed by atoms with Crippen LogP contribution in [0.3, 0.4) is 0 Å². The van der Waals surface area contributed by atoms with Crippen LogP contribution in [0, 0.1) is 5.82 Å². The van der Waals surface area contributed by atoms with Crippen LogP contribution in [0.25, 0.3) is 6.08 Å². The van der Waals surface area contributed by atoms with Crippen molar-refractivity contribution >= 4 is 27.7 Å². The third-order valence-corrected chi connectivity index (χ3v) is 7.46. The summed E-state index contributed by atoms with van der Waals surface area (Å²) in [4.78, 5) is 16.1. The van der Waals surface area contributed by atoms with E-state index in [1.54, 1.807) is 30.6 Å². The van der Waals surface area contributed by atoms with E-state index in [4.69, 9.17) is 0 Å². The van der Waals surface area contributed by atoms with Crippen molar-refractivity contribution in [3.8, 4) is 5.75 Å². The number of hydrogen-bond donors (Lipinski definition) is 1. The van der Waals surface area contributed by atoms with Gasteiger partial charge in [-0.25, -0.2) is 12.8 Å². The second-order valence-corrected chi connectivity index (χ2v) is 10.7. The Balaban J connectivity index is 1.55. The molecule has 0 aliphatic heterocycles. The molecule has 1 aromatic heterocycles. The number of sulfonamides is 1. The first-order valence-corrected chi connectivity index (χ1v) is 13.5. The van der Waals surface area contributed by atoms with Crippen molar-refractivity contribution in [3.05, 3.63) is 126 Å². The molecule has 41 heavy (non-hydrogen) atoms. The number of amides is 1. The first kappa shape index (κ1) is 29.4. The van der Waals surface area contributed by atoms with Crippen molar-refractivity contribution in [2.45, 2.75) is 24.3 Å². The highest BCUT2D eigenvalue weighted by molar-refractivity contribution is 7.89. The van der Waals surface area contributed by atoms with Gasteiger partial charge in [-0.2, -0.15) is 4.31 Å². The monoisotopic (exact) mass is 585 g/mol. The van der Waals surface area contributed by atoms with Crippen LogP contribution in [0.5, 0.6) is 5.75 Å². The summed E-state index contributed by atoms with van der Waals surface area (Å²) in [5.41, 5.74) is 1.81. The summed E-state index contributed by atoms with van der Waals surface area (Å²) in [6, 6.07) is 19.1. The molecule has 0 aliphatic carbocycles. The van der Waals surface area contributed by atoms with E-state index in [9.17, 15) is 30.8 Å². The van der Waals surface area contributed by atoms with Gasteiger partial charge in [0.2, 0.25) is 15.9 Å². The van der Waals surface area contributed by atoms with Gasteiger partial charge < -0.3 is 10.1 Å². The molecule has 0 spiro atoms. The molecule has 212 valence electrons. The summed E-state index contributed by atoms with van der Waals surface area (Å²) in [5.74, 6) is -1.43. The fourth-order valence-corrected chi connectivity index (χ4v) is 5.17. The summed E-state index contributed by atoms with van der Waals surface area (Å²) in [6.45, 7) is -0.488. The second-order valence-electron chi connectivity index (χ2n) is 8.72. The summed E-state index contributed by atoms with van der Waals surface area (Å²) in [5, 5.41) is 2.64. The number of nitrogens with one attached hydrogen (secondary N) is 1. The van der Waals surface area contributed by atoms with Crippen molar-refractivity contribution in [1.29, 1.82) is 0 Å². The lowest BCUT2D eigenvalue weighted by Crippen LogP contribution is -2.30. The van der Waals surface area contributed by atoms with Crippen LogP contribution in [-0.2, 0) is 27.9 Å². The van der Waals surface area contributed by atoms with Crippen molar-refractivity contribution in [2.75, 3.05) is 5.32 Å². The lowest BCUT2D eigenvalue weighted by atomic mass is 10.2. The molecule has 0 aliphatic rings. The fourth-order valence-electron chi connectivity index (χ4n) is 3.75. The van der Waals surface area contributed by atoms with Gasteiger partial charge in [0.1, 0.15) is 11.6 Å². The van der Waals surface area contributed by atoms with Gasteiger partial charge in [-0.05, 0) is 83.4 Å². The molecule has 1 N–H and O–H groups in total. The van der Waals surface area contributed by atoms with E-state index in [2.05, 4.69) is 15.0 Å². The van der Waals surface area contributed by atoms with Gasteiger partial charge in [-0.1, -0.05) is 24.3 Å². The molecule has 0 saturated heterocycles. The quantitative estimate of drug-likeness (QED) is 0.178. The normalized spacial score (nSPS) is 12.0. The molecule has 1 amide bonds. The summed E-state index contributed by atoms with van der Waals surface area (Å²) in [6.07, 6.45) is 1.18. The maximum absolute atomic E-state index is 13.7. The highest BCUT2D eigenvalue weighted by Crippen LogP contribution is 2.27. The van der Waals surface area contributed by atoms with Crippen LogP contribution in [0.1, 0.15) is 16.7 Å². The standard InChI is InChI=1S/C29H23F4N3O4S/c30-24-7-4-22(5-8-24)19-36(20-23-2-1-3-26(18-23)40-29(31,32)33)41(38,39)27-11-9-25(10-12-27)35-28(37)13-6-21-14-16-34-17-15-21/h1-18H,19-20H2,(H,35,37)/b13-6+. The van der Waals surface area contributed by atoms with Gasteiger partial charge in [-0.3, -0.25) is 9.78 Å². The van der Waals surface area contributed by atoms with Gasteiger partial charge in [0, 0.05) is 37.2 Å². The number of halogens is 4. The van der Waals surface area contributed by atoms with Gasteiger partial charge in [0.05, 0.1) is 4.90 Å². The summed E-state index contributed by atoms with van der Waals surface area (Å²) < 4.78 is 83.9. The Labute approximate surface area is 233 Å². The van der Waals surface area contributed by atoms with E-state index in [1.165, 1.54) is 66.7 Å². The van der Waals surface area contributed by atoms with Gasteiger partial charge in [-0.15, -0.1) is 13.2 Å². The number of alkyl halides is 3. The van der Waals surface area contributed by atoms with Crippen LogP contribution < -0.4 is 10.1 Å². The topological polar surface area (TPSA) is 88.6 Å². The van der Waals surface area contributed by atoms with E-state index in [1.807, 2.05) is 0 Å². The average Bonchev–Trinajstić information content (AvgIpc) is 2.93. The Morgan fingerprint density at radius 3 is 2.22 bits per heavy atom. The largest absolute Gasteiger partial charge is 0.573 e. The van der Waals surface area contributed by atoms with E-state index < -0.39 is 33.9 Å². The van der Waals surface area contributed by atoms with Gasteiger partial charge in [0.15, 0.2) is 0 Å². The third-order valence-electron chi connectivity index (χ3n) is 5.66. The zero-order valence-corrected chi connectivity index (χ0v) is 22.1. The third kappa shape index (κ3) is 8.72. The van der Waals surface area contributed by atoms with Gasteiger partial charge in [0.25, 0.3) is 0 Å². The zero-order valence-electron chi connectivity index (χ0n) is 21.3. The second kappa shape index (κ2) is 12.7. The summed E-state index contributed by atoms with van der Waals surface area (Å²) >= 11 is 0. The molecular formula is C29H23F4N3O4S. The number of hydrogen-bond acceptors (Lipinski definition) is 5. The molecule has 1 heterocycles. The van der Waals surface area contributed by atoms with Crippen LogP contribution in [-0.4, -0.2) is 30.0 Å². The van der Waals surface area contributed by atoms with Crippen LogP contribution >= 0.6 is 0 Å². The molecule has 0 bridgehead atoms. The Morgan fingerprint density at radius 1 is 0.902 bits per heavy atom. The van der Waals surface area contributed by atoms with Gasteiger partial charge >= 0.3 is 6.36 Å². The molecule has 4 aromatic rings. The Hall–Kier alpha value is -4.55. The average molecular weight is 586 g/mol. The molecule has 3 aromatic carbocycles. The minimum Gasteiger partial charge on any atom is -0.406 e. The zero-order chi connectivity index (χ0) is 29.5. The Morgan fingerprint density at radius 2 is 1.56 bits per heavy atom. The van der Waals surface area contributed by atoms with Crippen molar-refractivity contribution in [2.24, 2.45) is 0 Å². The lowest BCUT2D eigenvalue weighted by Gasteiger charge is -2.23. The molecule has 12 heteroatoms. The maximum atomic E-state index is 13.7. The molecule has 0 fully saturated rings. The van der Waals surface area contributed by atoms with Crippen LogP contribution in [0.2, 0.25) is 0 Å². The highest BCUT2D eigenvalue weighted by atomic mass is 32.2. The highest BCUT2D eigenvalue weighted by Gasteiger charge is 2.31. The molecule has 4 rings (SSSR count). The van der Waals surface area contributed by atoms with Crippen LogP contribution in [0.15, 0.2) is 108 Å². The SMILES string of the molecule is O=C(/C=C/c1ccncc1)Nc1ccc(S(=O)(=O)N(Cc2ccc(F)cc2)Cc2cccc(OC(F)(F)F)c2)cc1. The van der Waals surface area contributed by atoms with Crippen molar-refractivity contribution in [3.63, 3.8) is 0 Å². The lowest BCUT2D eigenvalue weighted by molar-refractivity contribution is -0.274. The number of pyridine rings is 1. The number of rotatable bonds is 10. The molecular weight excluding hydrogens is 562 g/mol. The van der Waals surface area contributed by atoms with E-state index in [0.717, 1.165) is 22.0 Å². The molecule has 0 unspecified atom stereocenters. The molecule has 0 radical (unpaired) electrons. The molecule has 7 nitrogen and oxygen atoms in total.